The first-order valence-electron chi connectivity index (χ1n) is 8.39. The summed E-state index contributed by atoms with van der Waals surface area (Å²) in [5.41, 5.74) is -0.240. The number of halogens is 1. The molecule has 10 nitrogen and oxygen atoms in total. The second-order valence-corrected chi connectivity index (χ2v) is 11.3. The van der Waals surface area contributed by atoms with Gasteiger partial charge in [0.1, 0.15) is 5.37 Å². The second-order valence-electron chi connectivity index (χ2n) is 6.03. The third-order valence-electron chi connectivity index (χ3n) is 4.29. The van der Waals surface area contributed by atoms with Crippen molar-refractivity contribution >= 4 is 35.8 Å². The Bertz CT molecular complexity index is 879. The fourth-order valence-electron chi connectivity index (χ4n) is 2.76. The van der Waals surface area contributed by atoms with Crippen molar-refractivity contribution in [1.82, 2.24) is 9.58 Å². The third-order valence-corrected chi connectivity index (χ3v) is 8.90. The van der Waals surface area contributed by atoms with Gasteiger partial charge in [0, 0.05) is 35.6 Å². The van der Waals surface area contributed by atoms with Crippen LogP contribution in [-0.4, -0.2) is 57.7 Å². The number of sulfonamides is 1. The van der Waals surface area contributed by atoms with Crippen molar-refractivity contribution in [2.75, 3.05) is 36.1 Å². The van der Waals surface area contributed by atoms with E-state index in [2.05, 4.69) is 21.2 Å². The van der Waals surface area contributed by atoms with E-state index in [4.69, 9.17) is 9.93 Å². The number of unbranched alkanes of at least 4 members (excludes halogenated alkanes) is 2. The molecule has 1 aliphatic heterocycles. The third kappa shape index (κ3) is 4.49. The summed E-state index contributed by atoms with van der Waals surface area (Å²) in [4.78, 5) is 1.18. The fourth-order valence-corrected chi connectivity index (χ4v) is 6.14. The van der Waals surface area contributed by atoms with E-state index in [0.29, 0.717) is 6.42 Å². The zero-order chi connectivity index (χ0) is 19.5. The summed E-state index contributed by atoms with van der Waals surface area (Å²) in [6.45, 7) is 3.59. The Kier molecular flexibility index (Phi) is 6.91. The van der Waals surface area contributed by atoms with Gasteiger partial charge in [0.05, 0.1) is 11.5 Å². The number of hydrogen-bond acceptors (Lipinski definition) is 7. The molecule has 0 aliphatic carbocycles. The summed E-state index contributed by atoms with van der Waals surface area (Å²) >= 11 is 3.16. The van der Waals surface area contributed by atoms with Gasteiger partial charge >= 0.3 is 10.2 Å². The van der Waals surface area contributed by atoms with Gasteiger partial charge in [-0.3, -0.25) is 10.4 Å². The molecule has 26 heavy (non-hydrogen) atoms. The number of sulfone groups is 1. The highest BCUT2D eigenvalue weighted by atomic mass is 79.9. The summed E-state index contributed by atoms with van der Waals surface area (Å²) < 4.78 is 56.5. The Balaban J connectivity index is 2.38. The van der Waals surface area contributed by atoms with Crippen LogP contribution in [0.2, 0.25) is 0 Å². The van der Waals surface area contributed by atoms with E-state index in [1.54, 1.807) is 0 Å². The normalized spacial score (nSPS) is 19.8. The summed E-state index contributed by atoms with van der Waals surface area (Å²) in [7, 11) is -7.14. The van der Waals surface area contributed by atoms with Gasteiger partial charge in [-0.25, -0.2) is 21.1 Å². The molecule has 1 unspecified atom stereocenters. The molecule has 0 spiro atoms. The number of piperazine rings is 1. The predicted octanol–water partition coefficient (Wildman–Crippen LogP) is -0.699. The lowest BCUT2D eigenvalue weighted by molar-refractivity contribution is -0.775. The van der Waals surface area contributed by atoms with Crippen LogP contribution in [0.3, 0.4) is 0 Å². The zero-order valence-corrected chi connectivity index (χ0v) is 18.0. The van der Waals surface area contributed by atoms with Crippen LogP contribution in [0.4, 0.5) is 0 Å². The van der Waals surface area contributed by atoms with Crippen molar-refractivity contribution in [2.24, 2.45) is 0 Å². The number of hydrogen-bond donors (Lipinski definition) is 1. The maximum Gasteiger partial charge on any atom is 0.332 e. The first kappa shape index (κ1) is 21.4. The minimum atomic E-state index is -3.63. The molecule has 0 aromatic carbocycles. The Hall–Kier alpha value is -0.920. The van der Waals surface area contributed by atoms with E-state index < -0.39 is 25.2 Å². The van der Waals surface area contributed by atoms with Gasteiger partial charge in [-0.15, -0.1) is 0 Å². The standard InChI is InChI=1S/C13H24BrN5O5S2/c1-3-5-6-9-25(20,21)11-10-17(26(22,23)4-2)7-8-18(11)19-12(14)13(15)24-16-19/h11,15H,3-10H2,1-2H3. The van der Waals surface area contributed by atoms with E-state index in [1.807, 2.05) is 6.92 Å². The number of nitrogens with zero attached hydrogens (tertiary/aromatic N) is 4. The predicted molar refractivity (Wildman–Crippen MR) is 97.0 cm³/mol. The van der Waals surface area contributed by atoms with Gasteiger partial charge < -0.3 is 4.52 Å². The van der Waals surface area contributed by atoms with Gasteiger partial charge in [0.2, 0.25) is 10.0 Å². The average Bonchev–Trinajstić information content (AvgIpc) is 2.93. The van der Waals surface area contributed by atoms with Crippen LogP contribution >= 0.6 is 15.9 Å². The van der Waals surface area contributed by atoms with Gasteiger partial charge in [0.15, 0.2) is 9.84 Å². The molecule has 1 aromatic rings. The highest BCUT2D eigenvalue weighted by Gasteiger charge is 2.40. The van der Waals surface area contributed by atoms with E-state index >= 15 is 0 Å². The molecule has 1 saturated heterocycles. The maximum atomic E-state index is 12.9. The molecule has 0 radical (unpaired) electrons. The molecule has 1 fully saturated rings. The molecule has 150 valence electrons. The van der Waals surface area contributed by atoms with Crippen LogP contribution in [-0.2, 0) is 19.9 Å². The van der Waals surface area contributed by atoms with E-state index in [1.165, 1.54) is 21.0 Å². The Morgan fingerprint density at radius 2 is 1.96 bits per heavy atom. The molecule has 1 N–H and O–H groups in total. The fraction of sp³-hybridized carbons (Fsp3) is 0.846. The van der Waals surface area contributed by atoms with Crippen molar-refractivity contribution in [2.45, 2.75) is 38.5 Å². The molecule has 0 saturated carbocycles. The molecule has 0 bridgehead atoms. The Labute approximate surface area is 161 Å². The van der Waals surface area contributed by atoms with Crippen LogP contribution in [0.5, 0.6) is 0 Å². The lowest BCUT2D eigenvalue weighted by atomic mass is 10.3. The minimum Gasteiger partial charge on any atom is -0.379 e. The molecule has 13 heteroatoms. The van der Waals surface area contributed by atoms with Crippen LogP contribution in [0.1, 0.15) is 33.1 Å². The summed E-state index contributed by atoms with van der Waals surface area (Å²) in [6, 6.07) is 0. The minimum absolute atomic E-state index is 0.0359. The summed E-state index contributed by atoms with van der Waals surface area (Å²) in [5.74, 6) is -0.126. The smallest absolute Gasteiger partial charge is 0.332 e. The highest BCUT2D eigenvalue weighted by Crippen LogP contribution is 2.17. The van der Waals surface area contributed by atoms with E-state index in [-0.39, 0.29) is 41.3 Å². The van der Waals surface area contributed by atoms with E-state index in [0.717, 1.165) is 12.8 Å². The first-order chi connectivity index (χ1) is 12.1. The molecule has 1 aromatic heterocycles. The molecule has 0 amide bonds. The SMILES string of the molecule is CCCCCS(=O)(=O)C1CN(S(=O)(=O)CC)CCN1[n+]1[n-]oc(=N)c1Br. The van der Waals surface area contributed by atoms with Crippen molar-refractivity contribution in [3.8, 4) is 0 Å². The molecular weight excluding hydrogens is 450 g/mol. The number of rotatable bonds is 8. The van der Waals surface area contributed by atoms with Gasteiger partial charge in [0.25, 0.3) is 0 Å². The summed E-state index contributed by atoms with van der Waals surface area (Å²) in [6.07, 6.45) is 2.17. The van der Waals surface area contributed by atoms with Gasteiger partial charge in [-0.05, 0) is 18.6 Å². The first-order valence-corrected chi connectivity index (χ1v) is 12.5. The molecular formula is C13H24BrN5O5S2. The lowest BCUT2D eigenvalue weighted by Gasteiger charge is -2.40. The van der Waals surface area contributed by atoms with E-state index in [9.17, 15) is 16.8 Å². The Morgan fingerprint density at radius 3 is 2.50 bits per heavy atom. The second kappa shape index (κ2) is 8.40. The van der Waals surface area contributed by atoms with Crippen LogP contribution in [0, 0.1) is 5.41 Å². The highest BCUT2D eigenvalue weighted by molar-refractivity contribution is 9.10. The van der Waals surface area contributed by atoms with Crippen LogP contribution in [0.25, 0.3) is 0 Å². The average molecular weight is 474 g/mol. The zero-order valence-electron chi connectivity index (χ0n) is 14.8. The van der Waals surface area contributed by atoms with Gasteiger partial charge in [-0.2, -0.15) is 0 Å². The monoisotopic (exact) mass is 473 g/mol. The van der Waals surface area contributed by atoms with Crippen LogP contribution < -0.4 is 20.6 Å². The molecule has 1 atom stereocenters. The quantitative estimate of drug-likeness (QED) is 0.390. The number of nitrogens with one attached hydrogen (secondary N) is 1. The lowest BCUT2D eigenvalue weighted by Crippen LogP contribution is -2.73. The molecule has 2 heterocycles. The Morgan fingerprint density at radius 1 is 1.27 bits per heavy atom. The summed E-state index contributed by atoms with van der Waals surface area (Å²) in [5, 5.41) is 11.7. The number of aromatic nitrogens is 2. The van der Waals surface area contributed by atoms with Crippen molar-refractivity contribution in [3.63, 3.8) is 0 Å². The largest absolute Gasteiger partial charge is 0.379 e. The maximum absolute atomic E-state index is 12.9. The molecule has 1 aliphatic rings. The van der Waals surface area contributed by atoms with Gasteiger partial charge in [-0.1, -0.05) is 24.6 Å². The molecule has 2 rings (SSSR count). The topological polar surface area (TPSA) is 130 Å². The van der Waals surface area contributed by atoms with Crippen LogP contribution in [0.15, 0.2) is 9.13 Å². The van der Waals surface area contributed by atoms with Crippen molar-refractivity contribution in [1.29, 1.82) is 5.41 Å². The van der Waals surface area contributed by atoms with Crippen molar-refractivity contribution in [3.05, 3.63) is 10.2 Å². The van der Waals surface area contributed by atoms with Crippen molar-refractivity contribution < 1.29 is 26.1 Å².